The number of carbonyl (C=O) groups excluding carboxylic acids is 1. The zero-order chi connectivity index (χ0) is 19.1. The number of nitrogens with one attached hydrogen (secondary N) is 1. The Morgan fingerprint density at radius 1 is 1.21 bits per heavy atom. The molecule has 0 unspecified atom stereocenters. The van der Waals surface area contributed by atoms with Crippen LogP contribution in [-0.4, -0.2) is 65.5 Å². The fourth-order valence-electron chi connectivity index (χ4n) is 3.34. The van der Waals surface area contributed by atoms with E-state index in [0.29, 0.717) is 11.7 Å². The second kappa shape index (κ2) is 10.8. The molecule has 1 fully saturated rings. The van der Waals surface area contributed by atoms with Gasteiger partial charge in [-0.2, -0.15) is 0 Å². The molecule has 2 heterocycles. The van der Waals surface area contributed by atoms with Gasteiger partial charge in [0.25, 0.3) is 11.8 Å². The molecule has 0 aliphatic carbocycles. The highest BCUT2D eigenvalue weighted by molar-refractivity contribution is 5.85. The topological polar surface area (TPSA) is 70.6 Å². The minimum Gasteiger partial charge on any atom is -0.465 e. The molecular weight excluding hydrogens is 378 g/mol. The highest BCUT2D eigenvalue weighted by Gasteiger charge is 2.25. The van der Waals surface area contributed by atoms with Crippen LogP contribution in [0, 0.1) is 0 Å². The van der Waals surface area contributed by atoms with Crippen LogP contribution in [0.25, 0.3) is 0 Å². The minimum atomic E-state index is -0.0378. The predicted octanol–water partition coefficient (Wildman–Crippen LogP) is 2.44. The van der Waals surface area contributed by atoms with Crippen molar-refractivity contribution in [3.63, 3.8) is 0 Å². The van der Waals surface area contributed by atoms with Crippen LogP contribution in [0.2, 0.25) is 0 Å². The first kappa shape index (κ1) is 21.9. The highest BCUT2D eigenvalue weighted by atomic mass is 35.5. The largest absolute Gasteiger partial charge is 0.465 e. The first-order chi connectivity index (χ1) is 13.2. The van der Waals surface area contributed by atoms with Crippen molar-refractivity contribution in [3.8, 4) is 5.88 Å². The van der Waals surface area contributed by atoms with Gasteiger partial charge in [-0.3, -0.25) is 9.69 Å². The van der Waals surface area contributed by atoms with Crippen molar-refractivity contribution in [2.75, 3.05) is 39.1 Å². The van der Waals surface area contributed by atoms with Crippen LogP contribution in [-0.2, 0) is 11.3 Å². The van der Waals surface area contributed by atoms with Crippen molar-refractivity contribution in [3.05, 3.63) is 48.3 Å². The Morgan fingerprint density at radius 2 is 1.89 bits per heavy atom. The van der Waals surface area contributed by atoms with Crippen LogP contribution in [0.15, 0.2) is 42.7 Å². The van der Waals surface area contributed by atoms with Gasteiger partial charge in [0.15, 0.2) is 12.4 Å². The zero-order valence-electron chi connectivity index (χ0n) is 16.4. The Bertz CT molecular complexity index is 738. The highest BCUT2D eigenvalue weighted by Crippen LogP contribution is 2.19. The van der Waals surface area contributed by atoms with E-state index in [1.807, 2.05) is 18.0 Å². The molecule has 1 aromatic heterocycles. The maximum atomic E-state index is 12.5. The van der Waals surface area contributed by atoms with E-state index in [9.17, 15) is 4.79 Å². The lowest BCUT2D eigenvalue weighted by Crippen LogP contribution is -2.46. The quantitative estimate of drug-likeness (QED) is 0.762. The van der Waals surface area contributed by atoms with E-state index in [0.717, 1.165) is 32.5 Å². The Kier molecular flexibility index (Phi) is 8.47. The lowest BCUT2D eigenvalue weighted by atomic mass is 10.0. The summed E-state index contributed by atoms with van der Waals surface area (Å²) in [6.45, 7) is 2.92. The maximum Gasteiger partial charge on any atom is 0.260 e. The molecular formula is C20H28ClN5O2. The molecule has 0 bridgehead atoms. The van der Waals surface area contributed by atoms with Gasteiger partial charge in [-0.15, -0.1) is 12.4 Å². The van der Waals surface area contributed by atoms with E-state index in [2.05, 4.69) is 44.5 Å². The number of likely N-dealkylation sites (N-methyl/N-ethyl adjacent to an activating group) is 1. The third kappa shape index (κ3) is 5.81. The number of carbonyl (C=O) groups is 1. The number of halogens is 1. The minimum absolute atomic E-state index is 0. The van der Waals surface area contributed by atoms with Gasteiger partial charge in [0.05, 0.1) is 0 Å². The average molecular weight is 406 g/mol. The number of amides is 1. The molecule has 1 N–H and O–H groups in total. The molecule has 1 aliphatic rings. The van der Waals surface area contributed by atoms with Gasteiger partial charge < -0.3 is 15.0 Å². The first-order valence-corrected chi connectivity index (χ1v) is 9.31. The summed E-state index contributed by atoms with van der Waals surface area (Å²) in [6.07, 6.45) is 5.08. The van der Waals surface area contributed by atoms with Crippen LogP contribution in [0.1, 0.15) is 18.4 Å². The van der Waals surface area contributed by atoms with Crippen LogP contribution in [0.4, 0.5) is 5.82 Å². The van der Waals surface area contributed by atoms with Crippen LogP contribution in [0.3, 0.4) is 0 Å². The number of benzene rings is 1. The van der Waals surface area contributed by atoms with Gasteiger partial charge in [0.1, 0.15) is 0 Å². The molecule has 1 amide bonds. The maximum absolute atomic E-state index is 12.5. The van der Waals surface area contributed by atoms with Gasteiger partial charge in [0, 0.05) is 52.2 Å². The molecule has 28 heavy (non-hydrogen) atoms. The summed E-state index contributed by atoms with van der Waals surface area (Å²) in [6, 6.07) is 10.8. The van der Waals surface area contributed by atoms with E-state index < -0.39 is 0 Å². The zero-order valence-corrected chi connectivity index (χ0v) is 17.2. The summed E-state index contributed by atoms with van der Waals surface area (Å²) in [7, 11) is 3.60. The van der Waals surface area contributed by atoms with Crippen molar-refractivity contribution < 1.29 is 9.53 Å². The Balaban J connectivity index is 0.00000280. The fourth-order valence-corrected chi connectivity index (χ4v) is 3.34. The molecule has 3 rings (SSSR count). The standard InChI is InChI=1S/C20H27N5O2.ClH/c1-21-19-20(23-11-10-22-19)27-15-18(26)24(2)17-8-12-25(13-9-17)14-16-6-4-3-5-7-16;/h3-7,10-11,17H,8-9,12-15H2,1-2H3,(H,21,22);1H. The summed E-state index contributed by atoms with van der Waals surface area (Å²) in [5, 5.41) is 2.91. The van der Waals surface area contributed by atoms with Crippen molar-refractivity contribution in [2.45, 2.75) is 25.4 Å². The number of piperidine rings is 1. The van der Waals surface area contributed by atoms with Crippen molar-refractivity contribution in [1.82, 2.24) is 19.8 Å². The van der Waals surface area contributed by atoms with Gasteiger partial charge in [-0.1, -0.05) is 30.3 Å². The number of nitrogens with zero attached hydrogens (tertiary/aromatic N) is 4. The van der Waals surface area contributed by atoms with E-state index in [4.69, 9.17) is 4.74 Å². The molecule has 8 heteroatoms. The van der Waals surface area contributed by atoms with Crippen molar-refractivity contribution >= 4 is 24.1 Å². The number of hydrogen-bond acceptors (Lipinski definition) is 6. The molecule has 1 aromatic carbocycles. The van der Waals surface area contributed by atoms with E-state index in [1.54, 1.807) is 19.4 Å². The number of anilines is 1. The number of hydrogen-bond donors (Lipinski definition) is 1. The predicted molar refractivity (Wildman–Crippen MR) is 112 cm³/mol. The monoisotopic (exact) mass is 405 g/mol. The van der Waals surface area contributed by atoms with E-state index in [-0.39, 0.29) is 31.0 Å². The molecule has 1 saturated heterocycles. The second-order valence-corrected chi connectivity index (χ2v) is 6.75. The number of aromatic nitrogens is 2. The lowest BCUT2D eigenvalue weighted by molar-refractivity contribution is -0.135. The van der Waals surface area contributed by atoms with Gasteiger partial charge >= 0.3 is 0 Å². The average Bonchev–Trinajstić information content (AvgIpc) is 2.73. The Hall–Kier alpha value is -2.38. The first-order valence-electron chi connectivity index (χ1n) is 9.31. The number of ether oxygens (including phenoxy) is 1. The van der Waals surface area contributed by atoms with Crippen molar-refractivity contribution in [2.24, 2.45) is 0 Å². The summed E-state index contributed by atoms with van der Waals surface area (Å²) in [5.41, 5.74) is 1.33. The van der Waals surface area contributed by atoms with Gasteiger partial charge in [0.2, 0.25) is 0 Å². The van der Waals surface area contributed by atoms with Gasteiger partial charge in [-0.25, -0.2) is 9.97 Å². The molecule has 7 nitrogen and oxygen atoms in total. The third-order valence-corrected chi connectivity index (χ3v) is 4.98. The number of likely N-dealkylation sites (tertiary alicyclic amines) is 1. The number of rotatable bonds is 7. The Morgan fingerprint density at radius 3 is 2.57 bits per heavy atom. The lowest BCUT2D eigenvalue weighted by Gasteiger charge is -2.36. The van der Waals surface area contributed by atoms with Crippen LogP contribution < -0.4 is 10.1 Å². The third-order valence-electron chi connectivity index (χ3n) is 4.98. The van der Waals surface area contributed by atoms with Gasteiger partial charge in [-0.05, 0) is 18.4 Å². The normalized spacial score (nSPS) is 14.8. The molecule has 0 spiro atoms. The summed E-state index contributed by atoms with van der Waals surface area (Å²) < 4.78 is 5.56. The van der Waals surface area contributed by atoms with E-state index >= 15 is 0 Å². The van der Waals surface area contributed by atoms with Crippen LogP contribution >= 0.6 is 12.4 Å². The van der Waals surface area contributed by atoms with Crippen molar-refractivity contribution in [1.29, 1.82) is 0 Å². The summed E-state index contributed by atoms with van der Waals surface area (Å²) in [5.74, 6) is 0.839. The molecule has 0 atom stereocenters. The molecule has 2 aromatic rings. The summed E-state index contributed by atoms with van der Waals surface area (Å²) >= 11 is 0. The smallest absolute Gasteiger partial charge is 0.260 e. The van der Waals surface area contributed by atoms with Crippen LogP contribution in [0.5, 0.6) is 5.88 Å². The second-order valence-electron chi connectivity index (χ2n) is 6.75. The molecule has 152 valence electrons. The SMILES string of the molecule is CNc1nccnc1OCC(=O)N(C)C1CCN(Cc2ccccc2)CC1.Cl. The Labute approximate surface area is 172 Å². The molecule has 0 radical (unpaired) electrons. The molecule has 0 saturated carbocycles. The molecule has 1 aliphatic heterocycles. The fraction of sp³-hybridized carbons (Fsp3) is 0.450. The summed E-state index contributed by atoms with van der Waals surface area (Å²) in [4.78, 5) is 25.0. The van der Waals surface area contributed by atoms with E-state index in [1.165, 1.54) is 5.56 Å².